The van der Waals surface area contributed by atoms with Gasteiger partial charge in [0.25, 0.3) is 5.69 Å². The van der Waals surface area contributed by atoms with Gasteiger partial charge in [-0.3, -0.25) is 10.1 Å². The number of aromatic nitrogens is 4. The molecule has 0 radical (unpaired) electrons. The van der Waals surface area contributed by atoms with E-state index in [1.807, 2.05) is 73.3 Å². The van der Waals surface area contributed by atoms with Crippen LogP contribution in [0.4, 0.5) is 11.4 Å². The molecule has 6 aromatic rings. The van der Waals surface area contributed by atoms with Gasteiger partial charge in [0.1, 0.15) is 11.6 Å². The van der Waals surface area contributed by atoms with Gasteiger partial charge in [0.15, 0.2) is 0 Å². The number of nitrogens with two attached hydrogens (primary N) is 1. The smallest absolute Gasteiger partial charge is 0.271 e. The fourth-order valence-corrected chi connectivity index (χ4v) is 4.48. The minimum Gasteiger partial charge on any atom is -0.399 e. The van der Waals surface area contributed by atoms with E-state index in [-0.39, 0.29) is 5.69 Å². The number of hydrogen-bond donors (Lipinski definition) is 1. The number of hydrogen-bond acceptors (Lipinski definition) is 5. The number of halogens is 2. The van der Waals surface area contributed by atoms with Crippen molar-refractivity contribution >= 4 is 56.6 Å². The molecule has 0 aliphatic carbocycles. The minimum absolute atomic E-state index is 0.0401. The number of nitro groups is 1. The van der Waals surface area contributed by atoms with Crippen molar-refractivity contribution in [2.75, 3.05) is 5.73 Å². The van der Waals surface area contributed by atoms with Gasteiger partial charge in [-0.1, -0.05) is 23.2 Å². The maximum absolute atomic E-state index is 10.8. The molecule has 6 rings (SSSR count). The number of anilines is 1. The second-order valence-electron chi connectivity index (χ2n) is 8.68. The summed E-state index contributed by atoms with van der Waals surface area (Å²) in [6.07, 6.45) is 0. The van der Waals surface area contributed by atoms with Crippen molar-refractivity contribution in [1.29, 1.82) is 0 Å². The number of nitro benzene ring substituents is 1. The van der Waals surface area contributed by atoms with Crippen molar-refractivity contribution in [2.45, 2.75) is 0 Å². The zero-order chi connectivity index (χ0) is 27.0. The highest BCUT2D eigenvalue weighted by Gasteiger charge is 2.14. The van der Waals surface area contributed by atoms with Crippen LogP contribution in [0.5, 0.6) is 0 Å². The van der Waals surface area contributed by atoms with Crippen LogP contribution in [-0.4, -0.2) is 24.0 Å². The third-order valence-corrected chi connectivity index (χ3v) is 6.69. The Morgan fingerprint density at radius 1 is 0.711 bits per heavy atom. The zero-order valence-corrected chi connectivity index (χ0v) is 22.0. The van der Waals surface area contributed by atoms with Gasteiger partial charge in [0.05, 0.1) is 27.0 Å². The van der Waals surface area contributed by atoms with Crippen LogP contribution in [0, 0.1) is 10.1 Å². The lowest BCUT2D eigenvalue weighted by Gasteiger charge is -2.02. The highest BCUT2D eigenvalue weighted by Crippen LogP contribution is 2.28. The summed E-state index contributed by atoms with van der Waals surface area (Å²) in [5, 5.41) is 12.2. The Morgan fingerprint density at radius 3 is 1.63 bits per heavy atom. The normalized spacial score (nSPS) is 10.9. The molecular weight excluding hydrogens is 523 g/mol. The van der Waals surface area contributed by atoms with Gasteiger partial charge in [-0.15, -0.1) is 0 Å². The highest BCUT2D eigenvalue weighted by molar-refractivity contribution is 6.30. The number of fused-ring (bicyclic) bond motifs is 2. The average molecular weight is 545 g/mol. The lowest BCUT2D eigenvalue weighted by Crippen LogP contribution is -1.92. The van der Waals surface area contributed by atoms with E-state index in [1.165, 1.54) is 12.1 Å². The third kappa shape index (κ3) is 4.91. The lowest BCUT2D eigenvalue weighted by atomic mass is 10.2. The fraction of sp³-hybridized carbons (Fsp3) is 0.0714. The average Bonchev–Trinajstić information content (AvgIpc) is 3.41. The zero-order valence-electron chi connectivity index (χ0n) is 20.5. The molecule has 0 saturated carbocycles. The van der Waals surface area contributed by atoms with E-state index in [4.69, 9.17) is 28.9 Å². The molecule has 0 atom stereocenters. The second kappa shape index (κ2) is 10.2. The quantitative estimate of drug-likeness (QED) is 0.143. The summed E-state index contributed by atoms with van der Waals surface area (Å²) in [5.41, 5.74) is 11.9. The first-order valence-corrected chi connectivity index (χ1v) is 12.3. The molecule has 8 nitrogen and oxygen atoms in total. The van der Waals surface area contributed by atoms with Gasteiger partial charge in [-0.2, -0.15) is 0 Å². The van der Waals surface area contributed by atoms with E-state index in [0.717, 1.165) is 50.0 Å². The molecule has 38 heavy (non-hydrogen) atoms. The summed E-state index contributed by atoms with van der Waals surface area (Å²) in [4.78, 5) is 19.5. The van der Waals surface area contributed by atoms with Gasteiger partial charge >= 0.3 is 0 Å². The Hall–Kier alpha value is -4.40. The van der Waals surface area contributed by atoms with E-state index in [2.05, 4.69) is 14.5 Å². The van der Waals surface area contributed by atoms with Crippen LogP contribution in [0.3, 0.4) is 0 Å². The molecule has 4 aromatic carbocycles. The Bertz CT molecular complexity index is 1790. The summed E-state index contributed by atoms with van der Waals surface area (Å²) < 4.78 is 3.96. The Morgan fingerprint density at radius 2 is 1.16 bits per heavy atom. The highest BCUT2D eigenvalue weighted by atomic mass is 35.5. The van der Waals surface area contributed by atoms with E-state index < -0.39 is 4.92 Å². The summed E-state index contributed by atoms with van der Waals surface area (Å²) in [6, 6.07) is 25.4. The third-order valence-electron chi connectivity index (χ3n) is 6.18. The van der Waals surface area contributed by atoms with Crippen molar-refractivity contribution in [1.82, 2.24) is 19.1 Å². The Balaban J connectivity index is 0.000000156. The van der Waals surface area contributed by atoms with Crippen LogP contribution < -0.4 is 5.73 Å². The molecule has 2 aromatic heterocycles. The standard InChI is InChI=1S/C14H10ClN3O2.C14H12ClN3/c1-17-13-7-6-11(18(19)20)8-12(13)16-14(17)9-2-4-10(15)5-3-9;1-18-13-7-6-11(16)8-12(13)17-14(18)9-2-4-10(15)5-3-9/h2-8H,1H3;2-8H,16H2,1H3. The number of benzene rings is 4. The van der Waals surface area contributed by atoms with Gasteiger partial charge in [0.2, 0.25) is 0 Å². The number of non-ortho nitro benzene ring substituents is 1. The molecule has 0 saturated heterocycles. The topological polar surface area (TPSA) is 105 Å². The first-order valence-electron chi connectivity index (χ1n) is 11.6. The minimum atomic E-state index is -0.421. The molecule has 0 spiro atoms. The van der Waals surface area contributed by atoms with E-state index in [0.29, 0.717) is 10.5 Å². The van der Waals surface area contributed by atoms with Crippen molar-refractivity contribution < 1.29 is 4.92 Å². The predicted molar refractivity (Wildman–Crippen MR) is 153 cm³/mol. The maximum atomic E-state index is 10.8. The summed E-state index contributed by atoms with van der Waals surface area (Å²) in [6.45, 7) is 0. The largest absolute Gasteiger partial charge is 0.399 e. The number of nitrogens with zero attached hydrogens (tertiary/aromatic N) is 5. The molecule has 10 heteroatoms. The summed E-state index contributed by atoms with van der Waals surface area (Å²) in [5.74, 6) is 1.66. The fourth-order valence-electron chi connectivity index (χ4n) is 4.23. The molecule has 2 N–H and O–H groups in total. The van der Waals surface area contributed by atoms with Crippen LogP contribution in [-0.2, 0) is 14.1 Å². The molecule has 2 heterocycles. The molecule has 0 bridgehead atoms. The van der Waals surface area contributed by atoms with Crippen molar-refractivity contribution in [3.8, 4) is 22.8 Å². The van der Waals surface area contributed by atoms with E-state index >= 15 is 0 Å². The van der Waals surface area contributed by atoms with Crippen LogP contribution in [0.15, 0.2) is 84.9 Å². The number of nitrogen functional groups attached to an aromatic ring is 1. The van der Waals surface area contributed by atoms with Crippen LogP contribution in [0.1, 0.15) is 0 Å². The first kappa shape index (κ1) is 25.3. The molecular formula is C28H22Cl2N6O2. The van der Waals surface area contributed by atoms with E-state index in [9.17, 15) is 10.1 Å². The molecule has 0 aliphatic heterocycles. The maximum Gasteiger partial charge on any atom is 0.271 e. The summed E-state index contributed by atoms with van der Waals surface area (Å²) in [7, 11) is 3.88. The van der Waals surface area contributed by atoms with Gasteiger partial charge in [-0.25, -0.2) is 9.97 Å². The molecule has 0 unspecified atom stereocenters. The van der Waals surface area contributed by atoms with Crippen LogP contribution in [0.2, 0.25) is 10.0 Å². The van der Waals surface area contributed by atoms with Crippen molar-refractivity contribution in [2.24, 2.45) is 14.1 Å². The Kier molecular flexibility index (Phi) is 6.75. The van der Waals surface area contributed by atoms with Gasteiger partial charge < -0.3 is 14.9 Å². The second-order valence-corrected chi connectivity index (χ2v) is 9.55. The molecule has 0 aliphatic rings. The van der Waals surface area contributed by atoms with Gasteiger partial charge in [-0.05, 0) is 72.8 Å². The molecule has 0 amide bonds. The van der Waals surface area contributed by atoms with Crippen LogP contribution >= 0.6 is 23.2 Å². The first-order chi connectivity index (χ1) is 18.2. The number of aryl methyl sites for hydroxylation is 2. The Labute approximate surface area is 228 Å². The van der Waals surface area contributed by atoms with Crippen molar-refractivity contribution in [3.63, 3.8) is 0 Å². The van der Waals surface area contributed by atoms with Crippen molar-refractivity contribution in [3.05, 3.63) is 105 Å². The number of imidazole rings is 2. The SMILES string of the molecule is Cn1c(-c2ccc(Cl)cc2)nc2cc(N)ccc21.Cn1c(-c2ccc(Cl)cc2)nc2cc([N+](=O)[O-])ccc21. The lowest BCUT2D eigenvalue weighted by molar-refractivity contribution is -0.384. The van der Waals surface area contributed by atoms with Crippen LogP contribution in [0.25, 0.3) is 44.8 Å². The molecule has 0 fully saturated rings. The monoisotopic (exact) mass is 544 g/mol. The molecule has 190 valence electrons. The summed E-state index contributed by atoms with van der Waals surface area (Å²) >= 11 is 11.8. The number of rotatable bonds is 3. The van der Waals surface area contributed by atoms with Gasteiger partial charge in [0, 0.05) is 53.1 Å². The van der Waals surface area contributed by atoms with E-state index in [1.54, 1.807) is 18.2 Å². The predicted octanol–water partition coefficient (Wildman–Crippen LogP) is 7.28.